The first-order chi connectivity index (χ1) is 11.9. The van der Waals surface area contributed by atoms with Crippen molar-refractivity contribution in [2.45, 2.75) is 26.1 Å². The first-order valence-corrected chi connectivity index (χ1v) is 9.33. The number of rotatable bonds is 7. The summed E-state index contributed by atoms with van der Waals surface area (Å²) >= 11 is 1.60. The molecular formula is C20H24N2O2S. The summed E-state index contributed by atoms with van der Waals surface area (Å²) in [5.41, 5.74) is 4.21. The van der Waals surface area contributed by atoms with Crippen LogP contribution in [0.25, 0.3) is 0 Å². The van der Waals surface area contributed by atoms with Crippen molar-refractivity contribution in [2.75, 3.05) is 18.1 Å². The van der Waals surface area contributed by atoms with Gasteiger partial charge in [0.15, 0.2) is 0 Å². The summed E-state index contributed by atoms with van der Waals surface area (Å²) in [4.78, 5) is 25.1. The molecule has 0 saturated carbocycles. The second-order valence-corrected chi connectivity index (χ2v) is 7.09. The molecule has 5 heteroatoms. The number of anilines is 1. The monoisotopic (exact) mass is 356 g/mol. The lowest BCUT2D eigenvalue weighted by Crippen LogP contribution is -2.23. The van der Waals surface area contributed by atoms with E-state index in [-0.39, 0.29) is 11.8 Å². The summed E-state index contributed by atoms with van der Waals surface area (Å²) in [6, 6.07) is 15.9. The molecule has 132 valence electrons. The van der Waals surface area contributed by atoms with Crippen molar-refractivity contribution in [1.82, 2.24) is 4.90 Å². The zero-order valence-electron chi connectivity index (χ0n) is 14.9. The smallest absolute Gasteiger partial charge is 0.234 e. The molecule has 0 atom stereocenters. The van der Waals surface area contributed by atoms with Crippen molar-refractivity contribution in [3.05, 3.63) is 65.2 Å². The third-order valence-corrected chi connectivity index (χ3v) is 4.76. The number of aryl methyl sites for hydroxylation is 1. The quantitative estimate of drug-likeness (QED) is 0.820. The number of nitrogens with one attached hydrogen (secondary N) is 1. The molecule has 0 spiro atoms. The fraction of sp³-hybridized carbons (Fsp3) is 0.300. The fourth-order valence-corrected chi connectivity index (χ4v) is 3.17. The Labute approximate surface area is 153 Å². The maximum atomic E-state index is 12.1. The van der Waals surface area contributed by atoms with E-state index in [1.54, 1.807) is 23.7 Å². The molecule has 0 aromatic heterocycles. The van der Waals surface area contributed by atoms with Gasteiger partial charge in [-0.1, -0.05) is 42.0 Å². The van der Waals surface area contributed by atoms with E-state index >= 15 is 0 Å². The van der Waals surface area contributed by atoms with Gasteiger partial charge in [-0.05, 0) is 30.2 Å². The first kappa shape index (κ1) is 19.1. The molecule has 0 heterocycles. The van der Waals surface area contributed by atoms with Crippen molar-refractivity contribution < 1.29 is 9.59 Å². The van der Waals surface area contributed by atoms with E-state index in [2.05, 4.69) is 30.4 Å². The molecular weight excluding hydrogens is 332 g/mol. The molecule has 0 radical (unpaired) electrons. The number of hydrogen-bond acceptors (Lipinski definition) is 3. The second kappa shape index (κ2) is 9.28. The molecule has 4 nitrogen and oxygen atoms in total. The highest BCUT2D eigenvalue weighted by atomic mass is 32.2. The van der Waals surface area contributed by atoms with E-state index in [0.29, 0.717) is 12.3 Å². The van der Waals surface area contributed by atoms with Crippen LogP contribution in [-0.2, 0) is 21.9 Å². The molecule has 0 bridgehead atoms. The standard InChI is InChI=1S/C20H24N2O2S/c1-15-6-4-8-18(10-15)13-25-14-20(24)21-19-9-5-7-17(11-19)12-22(3)16(2)23/h4-11H,12-14H2,1-3H3,(H,21,24). The van der Waals surface area contributed by atoms with Crippen LogP contribution in [0.3, 0.4) is 0 Å². The molecule has 25 heavy (non-hydrogen) atoms. The second-order valence-electron chi connectivity index (χ2n) is 6.11. The maximum Gasteiger partial charge on any atom is 0.234 e. The number of carbonyl (C=O) groups excluding carboxylic acids is 2. The van der Waals surface area contributed by atoms with Gasteiger partial charge in [0.25, 0.3) is 0 Å². The molecule has 0 unspecified atom stereocenters. The number of carbonyl (C=O) groups is 2. The van der Waals surface area contributed by atoms with Crippen LogP contribution in [-0.4, -0.2) is 29.5 Å². The van der Waals surface area contributed by atoms with Crippen LogP contribution >= 0.6 is 11.8 Å². The number of thioether (sulfide) groups is 1. The van der Waals surface area contributed by atoms with Gasteiger partial charge in [-0.2, -0.15) is 0 Å². The molecule has 0 aliphatic carbocycles. The Morgan fingerprint density at radius 3 is 2.52 bits per heavy atom. The lowest BCUT2D eigenvalue weighted by molar-refractivity contribution is -0.128. The van der Waals surface area contributed by atoms with E-state index in [4.69, 9.17) is 0 Å². The average Bonchev–Trinajstić information content (AvgIpc) is 2.55. The van der Waals surface area contributed by atoms with Gasteiger partial charge >= 0.3 is 0 Å². The van der Waals surface area contributed by atoms with Gasteiger partial charge in [0.1, 0.15) is 0 Å². The summed E-state index contributed by atoms with van der Waals surface area (Å²) in [7, 11) is 1.76. The van der Waals surface area contributed by atoms with Gasteiger partial charge in [-0.25, -0.2) is 0 Å². The molecule has 2 aromatic rings. The van der Waals surface area contributed by atoms with Crippen LogP contribution in [0, 0.1) is 6.92 Å². The Morgan fingerprint density at radius 2 is 1.80 bits per heavy atom. The van der Waals surface area contributed by atoms with Crippen LogP contribution in [0.4, 0.5) is 5.69 Å². The Balaban J connectivity index is 1.83. The highest BCUT2D eigenvalue weighted by Gasteiger charge is 2.06. The molecule has 0 fully saturated rings. The fourth-order valence-electron chi connectivity index (χ4n) is 2.39. The van der Waals surface area contributed by atoms with Gasteiger partial charge in [0.05, 0.1) is 5.75 Å². The average molecular weight is 356 g/mol. The van der Waals surface area contributed by atoms with Crippen LogP contribution in [0.15, 0.2) is 48.5 Å². The number of hydrogen-bond donors (Lipinski definition) is 1. The Bertz CT molecular complexity index is 746. The minimum atomic E-state index is -0.0188. The first-order valence-electron chi connectivity index (χ1n) is 8.18. The summed E-state index contributed by atoms with van der Waals surface area (Å²) in [5, 5.41) is 2.92. The zero-order valence-corrected chi connectivity index (χ0v) is 15.7. The highest BCUT2D eigenvalue weighted by molar-refractivity contribution is 7.99. The van der Waals surface area contributed by atoms with Gasteiger partial charge in [-0.15, -0.1) is 11.8 Å². The molecule has 1 N–H and O–H groups in total. The Morgan fingerprint density at radius 1 is 1.08 bits per heavy atom. The summed E-state index contributed by atoms with van der Waals surface area (Å²) < 4.78 is 0. The third-order valence-electron chi connectivity index (χ3n) is 3.75. The van der Waals surface area contributed by atoms with E-state index in [1.165, 1.54) is 18.1 Å². The summed E-state index contributed by atoms with van der Waals surface area (Å²) in [6.07, 6.45) is 0. The number of amides is 2. The molecule has 2 rings (SSSR count). The third kappa shape index (κ3) is 6.63. The van der Waals surface area contributed by atoms with Crippen molar-refractivity contribution in [3.63, 3.8) is 0 Å². The highest BCUT2D eigenvalue weighted by Crippen LogP contribution is 2.16. The van der Waals surface area contributed by atoms with Crippen LogP contribution in [0.5, 0.6) is 0 Å². The van der Waals surface area contributed by atoms with Crippen molar-refractivity contribution in [1.29, 1.82) is 0 Å². The SMILES string of the molecule is CC(=O)N(C)Cc1cccc(NC(=O)CSCc2cccc(C)c2)c1. The van der Waals surface area contributed by atoms with Crippen LogP contribution < -0.4 is 5.32 Å². The van der Waals surface area contributed by atoms with Crippen LogP contribution in [0.2, 0.25) is 0 Å². The van der Waals surface area contributed by atoms with E-state index in [1.807, 2.05) is 30.3 Å². The van der Waals surface area contributed by atoms with Gasteiger partial charge in [0.2, 0.25) is 11.8 Å². The van der Waals surface area contributed by atoms with Gasteiger partial charge < -0.3 is 10.2 Å². The molecule has 2 amide bonds. The van der Waals surface area contributed by atoms with Gasteiger partial charge in [-0.3, -0.25) is 9.59 Å². The Kier molecular flexibility index (Phi) is 7.07. The van der Waals surface area contributed by atoms with Crippen LogP contribution in [0.1, 0.15) is 23.6 Å². The van der Waals surface area contributed by atoms with Crippen molar-refractivity contribution >= 4 is 29.3 Å². The zero-order chi connectivity index (χ0) is 18.2. The molecule has 2 aromatic carbocycles. The predicted molar refractivity (Wildman–Crippen MR) is 105 cm³/mol. The summed E-state index contributed by atoms with van der Waals surface area (Å²) in [6.45, 7) is 4.13. The normalized spacial score (nSPS) is 10.4. The van der Waals surface area contributed by atoms with E-state index in [0.717, 1.165) is 17.0 Å². The predicted octanol–water partition coefficient (Wildman–Crippen LogP) is 3.85. The van der Waals surface area contributed by atoms with E-state index in [9.17, 15) is 9.59 Å². The lowest BCUT2D eigenvalue weighted by Gasteiger charge is -2.15. The molecule has 0 aliphatic rings. The lowest BCUT2D eigenvalue weighted by atomic mass is 10.2. The minimum absolute atomic E-state index is 0.0157. The topological polar surface area (TPSA) is 49.4 Å². The van der Waals surface area contributed by atoms with Crippen molar-refractivity contribution in [2.24, 2.45) is 0 Å². The largest absolute Gasteiger partial charge is 0.342 e. The Hall–Kier alpha value is -2.27. The van der Waals surface area contributed by atoms with Crippen molar-refractivity contribution in [3.8, 4) is 0 Å². The van der Waals surface area contributed by atoms with Gasteiger partial charge in [0, 0.05) is 32.0 Å². The molecule has 0 saturated heterocycles. The minimum Gasteiger partial charge on any atom is -0.342 e. The molecule has 0 aliphatic heterocycles. The number of nitrogens with zero attached hydrogens (tertiary/aromatic N) is 1. The maximum absolute atomic E-state index is 12.1. The van der Waals surface area contributed by atoms with E-state index < -0.39 is 0 Å². The summed E-state index contributed by atoms with van der Waals surface area (Å²) in [5.74, 6) is 1.22. The number of benzene rings is 2.